The molecule has 3 aromatic carbocycles. The fraction of sp³-hybridized carbons (Fsp3) is 0.182. The van der Waals surface area contributed by atoms with Crippen LogP contribution in [0.4, 0.5) is 0 Å². The fourth-order valence-electron chi connectivity index (χ4n) is 4.11. The Kier molecular flexibility index (Phi) is 2.76. The smallest absolute Gasteiger partial charge is 0.113 e. The molecule has 1 aliphatic carbocycles. The topological polar surface area (TPSA) is 30.7 Å². The summed E-state index contributed by atoms with van der Waals surface area (Å²) in [6, 6.07) is 21.4. The Labute approximate surface area is 146 Å². The van der Waals surface area contributed by atoms with Crippen LogP contribution in [0.3, 0.4) is 0 Å². The van der Waals surface area contributed by atoms with E-state index in [1.165, 1.54) is 27.8 Å². The second-order valence-corrected chi connectivity index (χ2v) is 7.36. The van der Waals surface area contributed by atoms with E-state index < -0.39 is 0 Å². The van der Waals surface area contributed by atoms with Gasteiger partial charge in [-0.25, -0.2) is 4.68 Å². The maximum absolute atomic E-state index is 4.45. The van der Waals surface area contributed by atoms with Crippen molar-refractivity contribution in [1.29, 1.82) is 0 Å². The van der Waals surface area contributed by atoms with Crippen LogP contribution in [0.5, 0.6) is 0 Å². The minimum absolute atomic E-state index is 0.0108. The molecular weight excluding hydrogens is 306 g/mol. The number of aromatic nitrogens is 3. The van der Waals surface area contributed by atoms with Gasteiger partial charge in [-0.15, -0.1) is 5.10 Å². The van der Waals surface area contributed by atoms with Crippen molar-refractivity contribution < 1.29 is 0 Å². The van der Waals surface area contributed by atoms with Crippen LogP contribution in [0.2, 0.25) is 0 Å². The summed E-state index contributed by atoms with van der Waals surface area (Å²) >= 11 is 0. The lowest BCUT2D eigenvalue weighted by Gasteiger charge is -2.21. The van der Waals surface area contributed by atoms with Crippen LogP contribution >= 0.6 is 0 Å². The van der Waals surface area contributed by atoms with Gasteiger partial charge in [0.05, 0.1) is 11.2 Å². The summed E-state index contributed by atoms with van der Waals surface area (Å²) in [6.07, 6.45) is 0. The van der Waals surface area contributed by atoms with Gasteiger partial charge in [0.2, 0.25) is 0 Å². The van der Waals surface area contributed by atoms with Crippen molar-refractivity contribution in [2.24, 2.45) is 0 Å². The van der Waals surface area contributed by atoms with Crippen LogP contribution in [0, 0.1) is 6.92 Å². The first-order valence-electron chi connectivity index (χ1n) is 8.63. The standard InChI is InChI=1S/C22H19N3/c1-14-11-12-15-17(13-14)22(2,3)16-7-6-10-20(21(15)16)25-19-9-5-4-8-18(19)23-24-25/h4-13H,1-3H3. The molecule has 5 rings (SSSR count). The third kappa shape index (κ3) is 1.86. The zero-order chi connectivity index (χ0) is 17.2. The van der Waals surface area contributed by atoms with Crippen molar-refractivity contribution >= 4 is 11.0 Å². The van der Waals surface area contributed by atoms with Gasteiger partial charge in [0.1, 0.15) is 5.52 Å². The third-order valence-electron chi connectivity index (χ3n) is 5.41. The lowest BCUT2D eigenvalue weighted by atomic mass is 9.82. The van der Waals surface area contributed by atoms with E-state index >= 15 is 0 Å². The first kappa shape index (κ1) is 14.4. The van der Waals surface area contributed by atoms with Gasteiger partial charge in [-0.2, -0.15) is 0 Å². The van der Waals surface area contributed by atoms with E-state index in [0.29, 0.717) is 0 Å². The molecule has 1 aliphatic rings. The number of aryl methyl sites for hydroxylation is 1. The molecule has 0 saturated carbocycles. The maximum Gasteiger partial charge on any atom is 0.113 e. The third-order valence-corrected chi connectivity index (χ3v) is 5.41. The number of hydrogen-bond donors (Lipinski definition) is 0. The second kappa shape index (κ2) is 4.79. The second-order valence-electron chi connectivity index (χ2n) is 7.36. The van der Waals surface area contributed by atoms with Crippen LogP contribution in [-0.4, -0.2) is 15.0 Å². The molecule has 0 spiro atoms. The quantitative estimate of drug-likeness (QED) is 0.491. The Balaban J connectivity index is 1.87. The Morgan fingerprint density at radius 1 is 0.880 bits per heavy atom. The molecule has 25 heavy (non-hydrogen) atoms. The Bertz CT molecular complexity index is 1140. The van der Waals surface area contributed by atoms with E-state index in [-0.39, 0.29) is 5.41 Å². The number of fused-ring (bicyclic) bond motifs is 4. The van der Waals surface area contributed by atoms with Gasteiger partial charge >= 0.3 is 0 Å². The van der Waals surface area contributed by atoms with E-state index in [1.807, 2.05) is 22.9 Å². The predicted octanol–water partition coefficient (Wildman–Crippen LogP) is 5.04. The van der Waals surface area contributed by atoms with Gasteiger partial charge in [-0.1, -0.05) is 67.1 Å². The van der Waals surface area contributed by atoms with Crippen LogP contribution in [0.15, 0.2) is 60.7 Å². The highest BCUT2D eigenvalue weighted by atomic mass is 15.4. The zero-order valence-corrected chi connectivity index (χ0v) is 14.6. The average molecular weight is 325 g/mol. The van der Waals surface area contributed by atoms with Gasteiger partial charge in [0.25, 0.3) is 0 Å². The largest absolute Gasteiger partial charge is 0.212 e. The zero-order valence-electron chi connectivity index (χ0n) is 14.6. The van der Waals surface area contributed by atoms with Gasteiger partial charge in [0.15, 0.2) is 0 Å². The molecule has 0 N–H and O–H groups in total. The predicted molar refractivity (Wildman–Crippen MR) is 101 cm³/mol. The summed E-state index contributed by atoms with van der Waals surface area (Å²) in [6.45, 7) is 6.77. The lowest BCUT2D eigenvalue weighted by Crippen LogP contribution is -2.15. The number of hydrogen-bond acceptors (Lipinski definition) is 2. The Hall–Kier alpha value is -2.94. The first-order chi connectivity index (χ1) is 12.1. The summed E-state index contributed by atoms with van der Waals surface area (Å²) in [5.41, 5.74) is 9.66. The molecule has 0 fully saturated rings. The van der Waals surface area contributed by atoms with Gasteiger partial charge in [0, 0.05) is 11.0 Å². The summed E-state index contributed by atoms with van der Waals surface area (Å²) in [4.78, 5) is 0. The molecule has 0 saturated heterocycles. The van der Waals surface area contributed by atoms with Gasteiger partial charge in [-0.05, 0) is 41.8 Å². The molecule has 0 radical (unpaired) electrons. The van der Waals surface area contributed by atoms with Gasteiger partial charge < -0.3 is 0 Å². The highest BCUT2D eigenvalue weighted by molar-refractivity contribution is 5.88. The molecule has 0 unspecified atom stereocenters. The molecule has 1 aromatic heterocycles. The van der Waals surface area contributed by atoms with E-state index in [1.54, 1.807) is 0 Å². The highest BCUT2D eigenvalue weighted by Crippen LogP contribution is 2.51. The van der Waals surface area contributed by atoms with Crippen molar-refractivity contribution in [1.82, 2.24) is 15.0 Å². The molecule has 4 aromatic rings. The molecule has 3 nitrogen and oxygen atoms in total. The minimum atomic E-state index is -0.0108. The van der Waals surface area contributed by atoms with Crippen LogP contribution < -0.4 is 0 Å². The SMILES string of the molecule is Cc1ccc2c(c1)C(C)(C)c1cccc(-n3nnc4ccccc43)c1-2. The lowest BCUT2D eigenvalue weighted by molar-refractivity contribution is 0.659. The summed E-state index contributed by atoms with van der Waals surface area (Å²) < 4.78 is 1.97. The Morgan fingerprint density at radius 2 is 1.72 bits per heavy atom. The molecule has 0 bridgehead atoms. The number of benzene rings is 3. The monoisotopic (exact) mass is 325 g/mol. The van der Waals surface area contributed by atoms with Crippen molar-refractivity contribution in [2.75, 3.05) is 0 Å². The van der Waals surface area contributed by atoms with E-state index in [2.05, 4.69) is 73.5 Å². The van der Waals surface area contributed by atoms with Crippen molar-refractivity contribution in [3.05, 3.63) is 77.4 Å². The summed E-state index contributed by atoms with van der Waals surface area (Å²) in [5, 5.41) is 8.79. The summed E-state index contributed by atoms with van der Waals surface area (Å²) in [5.74, 6) is 0. The number of nitrogens with zero attached hydrogens (tertiary/aromatic N) is 3. The van der Waals surface area contributed by atoms with Crippen LogP contribution in [0.25, 0.3) is 27.8 Å². The molecule has 3 heteroatoms. The van der Waals surface area contributed by atoms with Crippen molar-refractivity contribution in [2.45, 2.75) is 26.2 Å². The van der Waals surface area contributed by atoms with E-state index in [9.17, 15) is 0 Å². The number of rotatable bonds is 1. The van der Waals surface area contributed by atoms with Crippen LogP contribution in [0.1, 0.15) is 30.5 Å². The number of para-hydroxylation sites is 1. The molecular formula is C22H19N3. The van der Waals surface area contributed by atoms with E-state index in [4.69, 9.17) is 0 Å². The van der Waals surface area contributed by atoms with E-state index in [0.717, 1.165) is 16.7 Å². The molecule has 0 aliphatic heterocycles. The van der Waals surface area contributed by atoms with Gasteiger partial charge in [-0.3, -0.25) is 0 Å². The maximum atomic E-state index is 4.45. The normalized spacial score (nSPS) is 14.5. The fourth-order valence-corrected chi connectivity index (χ4v) is 4.11. The van der Waals surface area contributed by atoms with Crippen molar-refractivity contribution in [3.8, 4) is 16.8 Å². The van der Waals surface area contributed by atoms with Crippen molar-refractivity contribution in [3.63, 3.8) is 0 Å². The average Bonchev–Trinajstić information content (AvgIpc) is 3.13. The first-order valence-corrected chi connectivity index (χ1v) is 8.63. The van der Waals surface area contributed by atoms with Crippen LogP contribution in [-0.2, 0) is 5.41 Å². The minimum Gasteiger partial charge on any atom is -0.212 e. The summed E-state index contributed by atoms with van der Waals surface area (Å²) in [7, 11) is 0. The Morgan fingerprint density at radius 3 is 2.60 bits per heavy atom. The molecule has 0 atom stereocenters. The molecule has 1 heterocycles. The molecule has 0 amide bonds. The highest BCUT2D eigenvalue weighted by Gasteiger charge is 2.37. The molecule has 122 valence electrons.